The first-order valence-corrected chi connectivity index (χ1v) is 24.9. The van der Waals surface area contributed by atoms with Crippen LogP contribution in [0.5, 0.6) is 0 Å². The van der Waals surface area contributed by atoms with E-state index in [-0.39, 0.29) is 24.9 Å². The van der Waals surface area contributed by atoms with E-state index in [2.05, 4.69) is 74.7 Å². The number of unbranched alkanes of at least 4 members (excludes halogenated alkanes) is 26. The number of rotatable bonds is 44. The summed E-state index contributed by atoms with van der Waals surface area (Å²) in [6.07, 6.45) is 54.7. The Morgan fingerprint density at radius 3 is 1.52 bits per heavy atom. The number of ether oxygens (including phenoxy) is 1. The number of carbonyl (C=O) groups excluding carboxylic acids is 2. The molecule has 0 rings (SSSR count). The van der Waals surface area contributed by atoms with Crippen LogP contribution in [0.25, 0.3) is 0 Å². The van der Waals surface area contributed by atoms with E-state index in [0.717, 1.165) is 96.3 Å². The molecule has 0 aliphatic carbocycles. The molecule has 0 aliphatic rings. The van der Waals surface area contributed by atoms with Gasteiger partial charge in [-0.2, -0.15) is 0 Å². The van der Waals surface area contributed by atoms with Crippen molar-refractivity contribution in [3.8, 4) is 0 Å². The molecule has 0 radical (unpaired) electrons. The van der Waals surface area contributed by atoms with Crippen molar-refractivity contribution in [2.45, 2.75) is 264 Å². The summed E-state index contributed by atoms with van der Waals surface area (Å²) in [7, 11) is 0. The molecular weight excluding hydrogens is 719 g/mol. The second-order valence-corrected chi connectivity index (χ2v) is 16.9. The first-order chi connectivity index (χ1) is 28.5. The molecule has 1 amide bonds. The summed E-state index contributed by atoms with van der Waals surface area (Å²) >= 11 is 0. The number of amides is 1. The maximum Gasteiger partial charge on any atom is 0.306 e. The van der Waals surface area contributed by atoms with E-state index >= 15 is 0 Å². The number of nitrogens with one attached hydrogen (secondary N) is 1. The highest BCUT2D eigenvalue weighted by Crippen LogP contribution is 2.18. The molecule has 0 spiro atoms. The normalized spacial score (nSPS) is 13.7. The number of aliphatic hydroxyl groups is 2. The maximum absolute atomic E-state index is 13.1. The number of esters is 1. The fourth-order valence-corrected chi connectivity index (χ4v) is 7.41. The first-order valence-electron chi connectivity index (χ1n) is 24.9. The van der Waals surface area contributed by atoms with Crippen LogP contribution in [0.2, 0.25) is 0 Å². The summed E-state index contributed by atoms with van der Waals surface area (Å²) in [4.78, 5) is 26.0. The van der Waals surface area contributed by atoms with Gasteiger partial charge in [0.25, 0.3) is 0 Å². The van der Waals surface area contributed by atoms with Crippen LogP contribution < -0.4 is 5.32 Å². The zero-order chi connectivity index (χ0) is 42.4. The van der Waals surface area contributed by atoms with Crippen molar-refractivity contribution in [2.24, 2.45) is 0 Å². The van der Waals surface area contributed by atoms with Gasteiger partial charge >= 0.3 is 5.97 Å². The molecule has 58 heavy (non-hydrogen) atoms. The standard InChI is InChI=1S/C52H95NO5/c1-4-7-10-13-16-19-21-23-24-25-26-28-29-32-35-38-41-44-50(55)49(47-54)53-51(56)46-48(43-40-37-34-31-18-15-12-9-6-3)58-52(57)45-42-39-36-33-30-27-22-20-17-14-11-8-5-2/h8,11,14-15,17-18,20,22,48-50,54-55H,4-7,9-10,12-13,16,19,21,23-47H2,1-3H3,(H,53,56)/b11-8+,17-14+,18-15-,22-20-. The predicted molar refractivity (Wildman–Crippen MR) is 250 cm³/mol. The van der Waals surface area contributed by atoms with Crippen molar-refractivity contribution in [1.82, 2.24) is 5.32 Å². The Labute approximate surface area is 359 Å². The van der Waals surface area contributed by atoms with Crippen LogP contribution in [0.4, 0.5) is 0 Å². The average molecular weight is 814 g/mol. The van der Waals surface area contributed by atoms with E-state index in [1.165, 1.54) is 103 Å². The van der Waals surface area contributed by atoms with Gasteiger partial charge in [-0.05, 0) is 64.2 Å². The van der Waals surface area contributed by atoms with E-state index in [4.69, 9.17) is 4.74 Å². The lowest BCUT2D eigenvalue weighted by Gasteiger charge is -2.24. The summed E-state index contributed by atoms with van der Waals surface area (Å²) in [6, 6.07) is -0.709. The van der Waals surface area contributed by atoms with Crippen molar-refractivity contribution in [3.05, 3.63) is 48.6 Å². The zero-order valence-corrected chi connectivity index (χ0v) is 38.4. The molecule has 3 unspecified atom stereocenters. The Hall–Kier alpha value is -2.18. The van der Waals surface area contributed by atoms with Crippen LogP contribution in [0.15, 0.2) is 48.6 Å². The lowest BCUT2D eigenvalue weighted by atomic mass is 10.0. The molecule has 0 saturated heterocycles. The molecule has 338 valence electrons. The summed E-state index contributed by atoms with van der Waals surface area (Å²) < 4.78 is 5.88. The van der Waals surface area contributed by atoms with Gasteiger partial charge in [-0.25, -0.2) is 0 Å². The van der Waals surface area contributed by atoms with Gasteiger partial charge < -0.3 is 20.3 Å². The highest BCUT2D eigenvalue weighted by atomic mass is 16.5. The van der Waals surface area contributed by atoms with Gasteiger partial charge in [0.2, 0.25) is 5.91 Å². The Morgan fingerprint density at radius 1 is 0.517 bits per heavy atom. The first kappa shape index (κ1) is 55.8. The number of aliphatic hydroxyl groups excluding tert-OH is 2. The molecule has 3 atom stereocenters. The van der Waals surface area contributed by atoms with Gasteiger partial charge in [-0.15, -0.1) is 0 Å². The lowest BCUT2D eigenvalue weighted by molar-refractivity contribution is -0.151. The highest BCUT2D eigenvalue weighted by Gasteiger charge is 2.24. The zero-order valence-electron chi connectivity index (χ0n) is 38.4. The van der Waals surface area contributed by atoms with Crippen molar-refractivity contribution in [1.29, 1.82) is 0 Å². The van der Waals surface area contributed by atoms with Crippen molar-refractivity contribution in [3.63, 3.8) is 0 Å². The molecule has 0 bridgehead atoms. The van der Waals surface area contributed by atoms with Crippen LogP contribution in [-0.4, -0.2) is 46.9 Å². The minimum absolute atomic E-state index is 0.0581. The van der Waals surface area contributed by atoms with E-state index in [9.17, 15) is 19.8 Å². The molecule has 0 aromatic carbocycles. The molecular formula is C52H95NO5. The van der Waals surface area contributed by atoms with Gasteiger partial charge in [-0.1, -0.05) is 217 Å². The monoisotopic (exact) mass is 814 g/mol. The van der Waals surface area contributed by atoms with Gasteiger partial charge in [0.1, 0.15) is 6.10 Å². The maximum atomic E-state index is 13.1. The summed E-state index contributed by atoms with van der Waals surface area (Å²) in [5.41, 5.74) is 0. The van der Waals surface area contributed by atoms with Crippen molar-refractivity contribution < 1.29 is 24.5 Å². The molecule has 0 aromatic heterocycles. The number of carbonyl (C=O) groups is 2. The van der Waals surface area contributed by atoms with E-state index < -0.39 is 18.2 Å². The van der Waals surface area contributed by atoms with E-state index in [0.29, 0.717) is 19.3 Å². The third kappa shape index (κ3) is 40.6. The van der Waals surface area contributed by atoms with Gasteiger partial charge in [0.15, 0.2) is 0 Å². The third-order valence-corrected chi connectivity index (χ3v) is 11.2. The van der Waals surface area contributed by atoms with Crippen molar-refractivity contribution >= 4 is 11.9 Å². The second-order valence-electron chi connectivity index (χ2n) is 16.9. The molecule has 0 aliphatic heterocycles. The Balaban J connectivity index is 4.45. The molecule has 0 heterocycles. The summed E-state index contributed by atoms with van der Waals surface area (Å²) in [5.74, 6) is -0.514. The molecule has 0 fully saturated rings. The van der Waals surface area contributed by atoms with Crippen LogP contribution in [0, 0.1) is 0 Å². The average Bonchev–Trinajstić information content (AvgIpc) is 3.22. The quantitative estimate of drug-likeness (QED) is 0.0246. The topological polar surface area (TPSA) is 95.9 Å². The number of allylic oxidation sites excluding steroid dienone is 8. The molecule has 6 heteroatoms. The highest BCUT2D eigenvalue weighted by molar-refractivity contribution is 5.77. The van der Waals surface area contributed by atoms with Crippen LogP contribution in [0.1, 0.15) is 245 Å². The van der Waals surface area contributed by atoms with Crippen LogP contribution in [0.3, 0.4) is 0 Å². The largest absolute Gasteiger partial charge is 0.462 e. The summed E-state index contributed by atoms with van der Waals surface area (Å²) in [6.45, 7) is 6.30. The molecule has 0 aromatic rings. The summed E-state index contributed by atoms with van der Waals surface area (Å²) in [5, 5.41) is 23.7. The van der Waals surface area contributed by atoms with Gasteiger partial charge in [-0.3, -0.25) is 9.59 Å². The third-order valence-electron chi connectivity index (χ3n) is 11.2. The number of hydrogen-bond acceptors (Lipinski definition) is 5. The molecule has 0 saturated carbocycles. The van der Waals surface area contributed by atoms with Gasteiger partial charge in [0, 0.05) is 6.42 Å². The Morgan fingerprint density at radius 2 is 0.966 bits per heavy atom. The fourth-order valence-electron chi connectivity index (χ4n) is 7.41. The minimum atomic E-state index is -0.794. The predicted octanol–water partition coefficient (Wildman–Crippen LogP) is 14.7. The van der Waals surface area contributed by atoms with E-state index in [1.807, 2.05) is 0 Å². The Kier molecular flexibility index (Phi) is 44.2. The fraction of sp³-hybridized carbons (Fsp3) is 0.808. The smallest absolute Gasteiger partial charge is 0.306 e. The van der Waals surface area contributed by atoms with Crippen LogP contribution in [-0.2, 0) is 14.3 Å². The van der Waals surface area contributed by atoms with Crippen LogP contribution >= 0.6 is 0 Å². The van der Waals surface area contributed by atoms with E-state index in [1.54, 1.807) is 0 Å². The Bertz CT molecular complexity index is 1000. The molecule has 6 nitrogen and oxygen atoms in total. The molecule has 3 N–H and O–H groups in total. The number of hydrogen-bond donors (Lipinski definition) is 3. The lowest BCUT2D eigenvalue weighted by Crippen LogP contribution is -2.46. The SMILES string of the molecule is CC/C=C/C=C/C=C\CCCCCCCC(=O)OC(CCCCC/C=C\CCCC)CC(=O)NC(CO)C(O)CCCCCCCCCCCCCCCCCCC. The second kappa shape index (κ2) is 45.9. The van der Waals surface area contributed by atoms with Gasteiger partial charge in [0.05, 0.1) is 25.2 Å². The van der Waals surface area contributed by atoms with Crippen molar-refractivity contribution in [2.75, 3.05) is 6.61 Å². The minimum Gasteiger partial charge on any atom is -0.462 e.